The van der Waals surface area contributed by atoms with E-state index in [0.29, 0.717) is 16.8 Å². The first-order valence-electron chi connectivity index (χ1n) is 4.17. The van der Waals surface area contributed by atoms with Crippen LogP contribution in [-0.2, 0) is 0 Å². The number of aryl methyl sites for hydroxylation is 1. The van der Waals surface area contributed by atoms with E-state index in [1.807, 2.05) is 6.92 Å². The molecule has 0 aliphatic heterocycles. The molecule has 0 fully saturated rings. The number of ether oxygens (including phenoxy) is 1. The molecule has 3 nitrogen and oxygen atoms in total. The predicted molar refractivity (Wildman–Crippen MR) is 50.8 cm³/mol. The minimum atomic E-state index is -0.368. The van der Waals surface area contributed by atoms with Crippen molar-refractivity contribution in [3.8, 4) is 5.75 Å². The zero-order chi connectivity index (χ0) is 10.1. The molecule has 0 saturated carbocycles. The average Bonchev–Trinajstić information content (AvgIpc) is 2.17. The summed E-state index contributed by atoms with van der Waals surface area (Å²) < 4.78 is 18.1. The number of nitrogens with zero attached hydrogens (tertiary/aromatic N) is 2. The lowest BCUT2D eigenvalue weighted by atomic mass is 10.2. The summed E-state index contributed by atoms with van der Waals surface area (Å²) in [6.45, 7) is 1.83. The minimum Gasteiger partial charge on any atom is -0.494 e. The van der Waals surface area contributed by atoms with Crippen LogP contribution in [0.3, 0.4) is 0 Å². The molecule has 0 N–H and O–H groups in total. The van der Waals surface area contributed by atoms with Crippen LogP contribution in [-0.4, -0.2) is 17.1 Å². The van der Waals surface area contributed by atoms with Gasteiger partial charge in [0.15, 0.2) is 0 Å². The highest BCUT2D eigenvalue weighted by molar-refractivity contribution is 5.80. The fourth-order valence-corrected chi connectivity index (χ4v) is 1.30. The largest absolute Gasteiger partial charge is 0.494 e. The summed E-state index contributed by atoms with van der Waals surface area (Å²) in [4.78, 5) is 8.30. The van der Waals surface area contributed by atoms with E-state index in [-0.39, 0.29) is 5.82 Å². The Balaban J connectivity index is 2.81. The highest BCUT2D eigenvalue weighted by atomic mass is 19.1. The van der Waals surface area contributed by atoms with Crippen molar-refractivity contribution in [1.29, 1.82) is 0 Å². The Bertz CT molecular complexity index is 485. The molecular weight excluding hydrogens is 183 g/mol. The summed E-state index contributed by atoms with van der Waals surface area (Å²) in [6.07, 6.45) is 1.60. The lowest BCUT2D eigenvalue weighted by Crippen LogP contribution is -1.93. The van der Waals surface area contributed by atoms with Gasteiger partial charge in [0.25, 0.3) is 0 Å². The lowest BCUT2D eigenvalue weighted by molar-refractivity contribution is 0.415. The monoisotopic (exact) mass is 192 g/mol. The van der Waals surface area contributed by atoms with Crippen LogP contribution in [0, 0.1) is 12.7 Å². The molecule has 0 aliphatic rings. The summed E-state index contributed by atoms with van der Waals surface area (Å²) in [6, 6.07) is 2.64. The maximum absolute atomic E-state index is 13.0. The third-order valence-electron chi connectivity index (χ3n) is 1.92. The van der Waals surface area contributed by atoms with Gasteiger partial charge in [-0.05, 0) is 6.92 Å². The second-order valence-corrected chi connectivity index (χ2v) is 2.99. The van der Waals surface area contributed by atoms with E-state index in [9.17, 15) is 4.39 Å². The van der Waals surface area contributed by atoms with Crippen LogP contribution in [0.25, 0.3) is 11.0 Å². The van der Waals surface area contributed by atoms with Crippen molar-refractivity contribution in [2.75, 3.05) is 7.11 Å². The van der Waals surface area contributed by atoms with Crippen LogP contribution < -0.4 is 4.74 Å². The molecule has 0 amide bonds. The molecule has 0 aliphatic carbocycles. The van der Waals surface area contributed by atoms with Crippen molar-refractivity contribution in [3.05, 3.63) is 29.8 Å². The summed E-state index contributed by atoms with van der Waals surface area (Å²) >= 11 is 0. The maximum atomic E-state index is 13.0. The molecule has 0 unspecified atom stereocenters. The maximum Gasteiger partial charge on any atom is 0.149 e. The molecule has 1 aromatic carbocycles. The molecule has 1 heterocycles. The molecule has 0 saturated heterocycles. The van der Waals surface area contributed by atoms with Gasteiger partial charge < -0.3 is 4.74 Å². The lowest BCUT2D eigenvalue weighted by Gasteiger charge is -2.04. The van der Waals surface area contributed by atoms with E-state index in [0.717, 1.165) is 5.69 Å². The Labute approximate surface area is 80.6 Å². The number of fused-ring (bicyclic) bond motifs is 1. The van der Waals surface area contributed by atoms with Crippen LogP contribution in [0.5, 0.6) is 5.75 Å². The third kappa shape index (κ3) is 1.39. The zero-order valence-electron chi connectivity index (χ0n) is 7.91. The van der Waals surface area contributed by atoms with Crippen molar-refractivity contribution >= 4 is 11.0 Å². The topological polar surface area (TPSA) is 35.0 Å². The van der Waals surface area contributed by atoms with Crippen molar-refractivity contribution in [2.45, 2.75) is 6.92 Å². The molecule has 2 rings (SSSR count). The van der Waals surface area contributed by atoms with E-state index < -0.39 is 0 Å². The quantitative estimate of drug-likeness (QED) is 0.693. The van der Waals surface area contributed by atoms with Gasteiger partial charge in [0.2, 0.25) is 0 Å². The SMILES string of the molecule is COc1cc(F)cc2ncc(C)nc12. The van der Waals surface area contributed by atoms with Gasteiger partial charge >= 0.3 is 0 Å². The summed E-state index contributed by atoms with van der Waals surface area (Å²) in [5.74, 6) is 0.0451. The number of hydrogen-bond acceptors (Lipinski definition) is 3. The van der Waals surface area contributed by atoms with Crippen LogP contribution in [0.4, 0.5) is 4.39 Å². The molecule has 0 radical (unpaired) electrons. The van der Waals surface area contributed by atoms with Gasteiger partial charge in [0.1, 0.15) is 17.1 Å². The number of hydrogen-bond donors (Lipinski definition) is 0. The van der Waals surface area contributed by atoms with Crippen molar-refractivity contribution in [3.63, 3.8) is 0 Å². The highest BCUT2D eigenvalue weighted by Crippen LogP contribution is 2.23. The first kappa shape index (κ1) is 8.87. The van der Waals surface area contributed by atoms with Gasteiger partial charge in [-0.1, -0.05) is 0 Å². The van der Waals surface area contributed by atoms with E-state index in [1.54, 1.807) is 6.20 Å². The predicted octanol–water partition coefficient (Wildman–Crippen LogP) is 2.09. The van der Waals surface area contributed by atoms with E-state index in [1.165, 1.54) is 19.2 Å². The van der Waals surface area contributed by atoms with Gasteiger partial charge in [0.05, 0.1) is 18.3 Å². The number of benzene rings is 1. The number of rotatable bonds is 1. The Morgan fingerprint density at radius 3 is 2.86 bits per heavy atom. The standard InChI is InChI=1S/C10H9FN2O/c1-6-5-12-8-3-7(11)4-9(14-2)10(8)13-6/h3-5H,1-2H3. The second kappa shape index (κ2) is 3.21. The molecule has 0 bridgehead atoms. The van der Waals surface area contributed by atoms with Gasteiger partial charge in [-0.3, -0.25) is 4.98 Å². The molecule has 2 aromatic rings. The van der Waals surface area contributed by atoms with Crippen LogP contribution >= 0.6 is 0 Å². The number of halogens is 1. The van der Waals surface area contributed by atoms with Crippen LogP contribution in [0.2, 0.25) is 0 Å². The molecule has 0 atom stereocenters. The first-order chi connectivity index (χ1) is 6.70. The Kier molecular flexibility index (Phi) is 2.04. The normalized spacial score (nSPS) is 10.5. The van der Waals surface area contributed by atoms with E-state index in [2.05, 4.69) is 9.97 Å². The minimum absolute atomic E-state index is 0.368. The van der Waals surface area contributed by atoms with Gasteiger partial charge in [-0.15, -0.1) is 0 Å². The fourth-order valence-electron chi connectivity index (χ4n) is 1.30. The molecule has 1 aromatic heterocycles. The third-order valence-corrected chi connectivity index (χ3v) is 1.92. The smallest absolute Gasteiger partial charge is 0.149 e. The highest BCUT2D eigenvalue weighted by Gasteiger charge is 2.06. The van der Waals surface area contributed by atoms with E-state index in [4.69, 9.17) is 4.74 Å². The van der Waals surface area contributed by atoms with Crippen LogP contribution in [0.15, 0.2) is 18.3 Å². The summed E-state index contributed by atoms with van der Waals surface area (Å²) in [5.41, 5.74) is 1.88. The fraction of sp³-hybridized carbons (Fsp3) is 0.200. The zero-order valence-corrected chi connectivity index (χ0v) is 7.91. The Morgan fingerprint density at radius 1 is 1.36 bits per heavy atom. The Morgan fingerprint density at radius 2 is 2.14 bits per heavy atom. The van der Waals surface area contributed by atoms with Gasteiger partial charge in [-0.25, -0.2) is 9.37 Å². The summed E-state index contributed by atoms with van der Waals surface area (Å²) in [5, 5.41) is 0. The molecule has 0 spiro atoms. The molecule has 4 heteroatoms. The molecule has 72 valence electrons. The second-order valence-electron chi connectivity index (χ2n) is 2.99. The molecular formula is C10H9FN2O. The van der Waals surface area contributed by atoms with E-state index >= 15 is 0 Å². The summed E-state index contributed by atoms with van der Waals surface area (Å²) in [7, 11) is 1.48. The first-order valence-corrected chi connectivity index (χ1v) is 4.17. The Hall–Kier alpha value is -1.71. The molecule has 14 heavy (non-hydrogen) atoms. The number of aromatic nitrogens is 2. The van der Waals surface area contributed by atoms with Crippen molar-refractivity contribution in [1.82, 2.24) is 9.97 Å². The van der Waals surface area contributed by atoms with Crippen molar-refractivity contribution < 1.29 is 9.13 Å². The van der Waals surface area contributed by atoms with Crippen molar-refractivity contribution in [2.24, 2.45) is 0 Å². The average molecular weight is 192 g/mol. The van der Waals surface area contributed by atoms with Crippen LogP contribution in [0.1, 0.15) is 5.69 Å². The van der Waals surface area contributed by atoms with Gasteiger partial charge in [0, 0.05) is 18.3 Å². The number of methoxy groups -OCH3 is 1. The van der Waals surface area contributed by atoms with Gasteiger partial charge in [-0.2, -0.15) is 0 Å².